The van der Waals surface area contributed by atoms with Gasteiger partial charge < -0.3 is 15.5 Å². The normalized spacial score (nSPS) is 51.0. The van der Waals surface area contributed by atoms with Crippen molar-refractivity contribution < 1.29 is 15.5 Å². The lowest BCUT2D eigenvalue weighted by molar-refractivity contribution is -0.103. The van der Waals surface area contributed by atoms with Crippen LogP contribution in [0.5, 0.6) is 0 Å². The molecule has 4 aliphatic rings. The van der Waals surface area contributed by atoms with Gasteiger partial charge in [0.2, 0.25) is 0 Å². The van der Waals surface area contributed by atoms with Crippen LogP contribution in [-0.2, 0) is 0 Å². The van der Waals surface area contributed by atoms with Gasteiger partial charge in [0.25, 0.3) is 0 Å². The zero-order chi connectivity index (χ0) is 17.1. The van der Waals surface area contributed by atoms with E-state index in [1.165, 1.54) is 5.57 Å². The van der Waals surface area contributed by atoms with E-state index in [1.807, 2.05) is 0 Å². The van der Waals surface area contributed by atoms with Crippen LogP contribution in [0.3, 0.4) is 0 Å². The molecule has 4 rings (SSSR count). The van der Waals surface area contributed by atoms with Crippen LogP contribution >= 0.6 is 0 Å². The van der Waals surface area contributed by atoms with Gasteiger partial charge in [0.1, 0.15) is 0 Å². The van der Waals surface area contributed by atoms with E-state index in [-0.39, 0.29) is 22.9 Å². The van der Waals surface area contributed by atoms with Crippen molar-refractivity contribution in [2.45, 2.75) is 64.9 Å². The molecule has 4 aliphatic carbocycles. The molecule has 0 heterocycles. The molecular weight excluding hydrogens is 304 g/mol. The summed E-state index contributed by atoms with van der Waals surface area (Å²) in [6, 6.07) is 0. The Balaban J connectivity index is 1.73. The quantitative estimate of drug-likeness (QED) is 0.468. The Labute approximate surface area is 143 Å². The van der Waals surface area contributed by atoms with Crippen LogP contribution in [0.1, 0.15) is 58.8 Å². The highest BCUT2D eigenvalue weighted by Crippen LogP contribution is 2.64. The summed E-state index contributed by atoms with van der Waals surface area (Å²) in [5, 5.41) is 36.6. The Hall–Kier alpha value is -1.36. The highest BCUT2D eigenvalue weighted by molar-refractivity contribution is 5.96. The number of hydrogen-bond acceptors (Lipinski definition) is 5. The highest BCUT2D eigenvalue weighted by atomic mass is 16.4. The van der Waals surface area contributed by atoms with Gasteiger partial charge in [-0.05, 0) is 74.2 Å². The number of oxime groups is 2. The van der Waals surface area contributed by atoms with E-state index in [2.05, 4.69) is 30.2 Å². The minimum atomic E-state index is -0.368. The SMILES string of the molecule is CC12CC/C(=N\O)C=C1CC[C@@H]1C2C(O)CC2(C)/C(=N\O)CCC12. The number of hydrogen-bond donors (Lipinski definition) is 3. The van der Waals surface area contributed by atoms with Crippen molar-refractivity contribution in [3.8, 4) is 0 Å². The molecule has 0 saturated heterocycles. The Morgan fingerprint density at radius 2 is 1.83 bits per heavy atom. The molecule has 5 nitrogen and oxygen atoms in total. The standard InChI is InChI=1S/C19H28N2O3/c1-18-8-7-12(20-23)9-11(18)3-4-13-14-5-6-16(21-24)19(14,2)10-15(22)17(13)18/h9,13-15,17,22-24H,3-8,10H2,1-2H3/b20-12+,21-16-/t13-,14?,15?,17?,18?,19?/m0/s1. The summed E-state index contributed by atoms with van der Waals surface area (Å²) < 4.78 is 0. The van der Waals surface area contributed by atoms with Crippen molar-refractivity contribution in [3.63, 3.8) is 0 Å². The third-order valence-electron chi connectivity index (χ3n) is 7.90. The lowest BCUT2D eigenvalue weighted by Crippen LogP contribution is -2.56. The molecule has 5 heteroatoms. The van der Waals surface area contributed by atoms with Gasteiger partial charge in [-0.2, -0.15) is 0 Å². The third-order valence-corrected chi connectivity index (χ3v) is 7.90. The number of rotatable bonds is 0. The molecular formula is C19H28N2O3. The van der Waals surface area contributed by atoms with E-state index < -0.39 is 0 Å². The predicted octanol–water partition coefficient (Wildman–Crippen LogP) is 3.58. The van der Waals surface area contributed by atoms with Crippen LogP contribution in [0.25, 0.3) is 0 Å². The first kappa shape index (κ1) is 16.1. The lowest BCUT2D eigenvalue weighted by Gasteiger charge is -2.59. The van der Waals surface area contributed by atoms with Crippen LogP contribution in [0.2, 0.25) is 0 Å². The minimum Gasteiger partial charge on any atom is -0.411 e. The molecule has 3 saturated carbocycles. The zero-order valence-corrected chi connectivity index (χ0v) is 14.6. The van der Waals surface area contributed by atoms with Gasteiger partial charge in [0.15, 0.2) is 0 Å². The maximum atomic E-state index is 11.1. The Bertz CT molecular complexity index is 641. The van der Waals surface area contributed by atoms with Crippen molar-refractivity contribution >= 4 is 11.4 Å². The first-order chi connectivity index (χ1) is 11.4. The highest BCUT2D eigenvalue weighted by Gasteiger charge is 2.61. The number of aliphatic hydroxyl groups is 1. The zero-order valence-electron chi connectivity index (χ0n) is 14.6. The number of nitrogens with zero attached hydrogens (tertiary/aromatic N) is 2. The summed E-state index contributed by atoms with van der Waals surface area (Å²) in [6.45, 7) is 4.48. The smallest absolute Gasteiger partial charge is 0.0795 e. The summed E-state index contributed by atoms with van der Waals surface area (Å²) in [6.07, 6.45) is 8.13. The molecule has 0 aromatic heterocycles. The van der Waals surface area contributed by atoms with Gasteiger partial charge in [-0.3, -0.25) is 0 Å². The molecule has 132 valence electrons. The topological polar surface area (TPSA) is 85.4 Å². The molecule has 24 heavy (non-hydrogen) atoms. The average molecular weight is 332 g/mol. The van der Waals surface area contributed by atoms with Crippen LogP contribution in [0.4, 0.5) is 0 Å². The third kappa shape index (κ3) is 1.97. The van der Waals surface area contributed by atoms with Crippen LogP contribution < -0.4 is 0 Å². The first-order valence-electron chi connectivity index (χ1n) is 9.25. The lowest BCUT2D eigenvalue weighted by atomic mass is 9.46. The second-order valence-corrected chi connectivity index (χ2v) is 8.79. The van der Waals surface area contributed by atoms with Crippen molar-refractivity contribution in [2.75, 3.05) is 0 Å². The van der Waals surface area contributed by atoms with Crippen LogP contribution in [0.15, 0.2) is 22.0 Å². The van der Waals surface area contributed by atoms with E-state index in [1.54, 1.807) is 0 Å². The molecule has 6 atom stereocenters. The fraction of sp³-hybridized carbons (Fsp3) is 0.789. The molecule has 0 radical (unpaired) electrons. The fourth-order valence-corrected chi connectivity index (χ4v) is 6.73. The summed E-state index contributed by atoms with van der Waals surface area (Å²) in [4.78, 5) is 0. The van der Waals surface area contributed by atoms with Crippen LogP contribution in [0, 0.1) is 28.6 Å². The summed E-state index contributed by atoms with van der Waals surface area (Å²) in [7, 11) is 0. The molecule has 0 bridgehead atoms. The number of fused-ring (bicyclic) bond motifs is 5. The minimum absolute atomic E-state index is 0.00301. The van der Waals surface area contributed by atoms with Gasteiger partial charge in [-0.25, -0.2) is 0 Å². The van der Waals surface area contributed by atoms with E-state index >= 15 is 0 Å². The maximum absolute atomic E-state index is 11.1. The monoisotopic (exact) mass is 332 g/mol. The number of aliphatic hydroxyl groups excluding tert-OH is 1. The second-order valence-electron chi connectivity index (χ2n) is 8.79. The molecule has 0 aromatic rings. The molecule has 0 amide bonds. The largest absolute Gasteiger partial charge is 0.411 e. The predicted molar refractivity (Wildman–Crippen MR) is 91.5 cm³/mol. The van der Waals surface area contributed by atoms with E-state index in [4.69, 9.17) is 5.21 Å². The molecule has 3 fully saturated rings. The van der Waals surface area contributed by atoms with Crippen molar-refractivity contribution in [1.82, 2.24) is 0 Å². The molecule has 0 spiro atoms. The fourth-order valence-electron chi connectivity index (χ4n) is 6.73. The van der Waals surface area contributed by atoms with Gasteiger partial charge in [0, 0.05) is 5.41 Å². The first-order valence-corrected chi connectivity index (χ1v) is 9.25. The average Bonchev–Trinajstić information content (AvgIpc) is 2.89. The summed E-state index contributed by atoms with van der Waals surface area (Å²) in [5.74, 6) is 1.24. The molecule has 3 N–H and O–H groups in total. The maximum Gasteiger partial charge on any atom is 0.0795 e. The summed E-state index contributed by atoms with van der Waals surface area (Å²) >= 11 is 0. The van der Waals surface area contributed by atoms with E-state index in [0.717, 1.165) is 49.9 Å². The Morgan fingerprint density at radius 3 is 2.54 bits per heavy atom. The van der Waals surface area contributed by atoms with Crippen molar-refractivity contribution in [1.29, 1.82) is 0 Å². The second kappa shape index (κ2) is 5.32. The Morgan fingerprint density at radius 1 is 1.04 bits per heavy atom. The number of allylic oxidation sites excluding steroid dienone is 2. The van der Waals surface area contributed by atoms with Crippen LogP contribution in [-0.4, -0.2) is 33.0 Å². The van der Waals surface area contributed by atoms with Gasteiger partial charge in [-0.15, -0.1) is 0 Å². The van der Waals surface area contributed by atoms with E-state index in [9.17, 15) is 10.3 Å². The van der Waals surface area contributed by atoms with Gasteiger partial charge in [-0.1, -0.05) is 29.7 Å². The molecule has 0 aliphatic heterocycles. The van der Waals surface area contributed by atoms with E-state index in [0.29, 0.717) is 18.3 Å². The summed E-state index contributed by atoms with van der Waals surface area (Å²) in [5.41, 5.74) is 2.84. The molecule has 5 unspecified atom stereocenters. The molecule has 0 aromatic carbocycles. The van der Waals surface area contributed by atoms with Gasteiger partial charge >= 0.3 is 0 Å². The van der Waals surface area contributed by atoms with Crippen molar-refractivity contribution in [3.05, 3.63) is 11.6 Å². The van der Waals surface area contributed by atoms with Crippen molar-refractivity contribution in [2.24, 2.45) is 38.9 Å². The van der Waals surface area contributed by atoms with Gasteiger partial charge in [0.05, 0.1) is 17.5 Å². The Kier molecular flexibility index (Phi) is 3.57.